The number of hydrogen-bond acceptors (Lipinski definition) is 9. The van der Waals surface area contributed by atoms with Crippen molar-refractivity contribution in [2.45, 2.75) is 136 Å². The number of nitrogens with zero attached hydrogens (tertiary/aromatic N) is 2. The van der Waals surface area contributed by atoms with Crippen LogP contribution in [0.15, 0.2) is 60.7 Å². The van der Waals surface area contributed by atoms with Gasteiger partial charge in [-0.3, -0.25) is 19.2 Å². The zero-order valence-corrected chi connectivity index (χ0v) is 40.0. The Morgan fingerprint density at radius 3 is 1.88 bits per heavy atom. The Kier molecular flexibility index (Phi) is 24.2. The lowest BCUT2D eigenvalue weighted by molar-refractivity contribution is -0.192. The summed E-state index contributed by atoms with van der Waals surface area (Å²) < 4.78 is 49.9. The molecule has 14 nitrogen and oxygen atoms in total. The third-order valence-corrected chi connectivity index (χ3v) is 12.1. The summed E-state index contributed by atoms with van der Waals surface area (Å²) in [4.78, 5) is 68.2. The summed E-state index contributed by atoms with van der Waals surface area (Å²) in [6.45, 7) is 15.0. The second kappa shape index (κ2) is 27.8. The maximum Gasteiger partial charge on any atom is 0.490 e. The molecule has 4 N–H and O–H groups in total. The Bertz CT molecular complexity index is 1750. The van der Waals surface area contributed by atoms with Crippen LogP contribution in [0.2, 0.25) is 0 Å². The zero-order chi connectivity index (χ0) is 49.0. The van der Waals surface area contributed by atoms with Crippen molar-refractivity contribution in [3.8, 4) is 0 Å². The van der Waals surface area contributed by atoms with E-state index in [1.54, 1.807) is 33.2 Å². The van der Waals surface area contributed by atoms with Crippen LogP contribution >= 0.6 is 0 Å². The highest BCUT2D eigenvalue weighted by Gasteiger charge is 2.43. The van der Waals surface area contributed by atoms with Crippen molar-refractivity contribution < 1.29 is 56.5 Å². The Labute approximate surface area is 383 Å². The predicted octanol–water partition coefficient (Wildman–Crippen LogP) is 5.87. The minimum atomic E-state index is -5.08. The van der Waals surface area contributed by atoms with E-state index in [0.717, 1.165) is 24.0 Å². The summed E-state index contributed by atoms with van der Waals surface area (Å²) in [6.07, 6.45) is -3.38. The first kappa shape index (κ1) is 56.5. The molecule has 0 bridgehead atoms. The molecular formula is C48H74F3N5O9. The second-order valence-corrected chi connectivity index (χ2v) is 17.5. The normalized spacial score (nSPS) is 17.7. The molecule has 65 heavy (non-hydrogen) atoms. The van der Waals surface area contributed by atoms with Crippen LogP contribution < -0.4 is 16.0 Å². The molecular weight excluding hydrogens is 848 g/mol. The lowest BCUT2D eigenvalue weighted by atomic mass is 9.89. The number of likely N-dealkylation sites (N-methyl/N-ethyl adjacent to an activating group) is 2. The number of benzene rings is 2. The average molecular weight is 922 g/mol. The van der Waals surface area contributed by atoms with E-state index < -0.39 is 48.4 Å². The van der Waals surface area contributed by atoms with Crippen LogP contribution in [-0.2, 0) is 51.2 Å². The van der Waals surface area contributed by atoms with E-state index in [-0.39, 0.29) is 59.9 Å². The Morgan fingerprint density at radius 1 is 0.846 bits per heavy atom. The van der Waals surface area contributed by atoms with Gasteiger partial charge in [-0.25, -0.2) is 4.79 Å². The summed E-state index contributed by atoms with van der Waals surface area (Å²) in [5.41, 5.74) is 2.15. The van der Waals surface area contributed by atoms with Gasteiger partial charge in [-0.15, -0.1) is 0 Å². The van der Waals surface area contributed by atoms with Gasteiger partial charge in [0.15, 0.2) is 0 Å². The number of amides is 4. The van der Waals surface area contributed by atoms with Crippen molar-refractivity contribution in [3.63, 3.8) is 0 Å². The first-order chi connectivity index (χ1) is 30.6. The lowest BCUT2D eigenvalue weighted by Gasteiger charge is -2.41. The number of ether oxygens (including phenoxy) is 3. The first-order valence-corrected chi connectivity index (χ1v) is 22.5. The number of halogens is 3. The van der Waals surface area contributed by atoms with Crippen molar-refractivity contribution in [2.75, 3.05) is 41.5 Å². The summed E-state index contributed by atoms with van der Waals surface area (Å²) in [5.74, 6) is -4.20. The highest BCUT2D eigenvalue weighted by Crippen LogP contribution is 2.30. The fourth-order valence-electron chi connectivity index (χ4n) is 8.33. The summed E-state index contributed by atoms with van der Waals surface area (Å²) in [7, 11) is 6.66. The van der Waals surface area contributed by atoms with Crippen LogP contribution in [-0.4, -0.2) is 135 Å². The molecule has 4 amide bonds. The van der Waals surface area contributed by atoms with Gasteiger partial charge in [-0.1, -0.05) is 116 Å². The number of carboxylic acids is 1. The molecule has 1 fully saturated rings. The van der Waals surface area contributed by atoms with Gasteiger partial charge in [0.1, 0.15) is 6.04 Å². The number of carboxylic acid groups (broad SMARTS) is 1. The first-order valence-electron chi connectivity index (χ1n) is 22.5. The van der Waals surface area contributed by atoms with Gasteiger partial charge in [0, 0.05) is 27.8 Å². The average Bonchev–Trinajstić information content (AvgIpc) is 3.75. The maximum atomic E-state index is 14.3. The van der Waals surface area contributed by atoms with Crippen molar-refractivity contribution in [3.05, 3.63) is 71.8 Å². The SMILES string of the molecule is CC[C@H](C)[C@@H]([C@@H](CC(=O)N1CCC[C@H]1[C@H](OC)[C@@H](C)C(=O)N[C@H](COCc1ccccc1)Cc1ccccc1)OC)N(C)C(=O)[C@@H](NC(=O)[C@@H](NC)C(C)C)C(C)C.O=C(O)C(F)(F)F. The van der Waals surface area contributed by atoms with E-state index in [0.29, 0.717) is 32.6 Å². The smallest absolute Gasteiger partial charge is 0.475 e. The number of hydrogen-bond donors (Lipinski definition) is 4. The molecule has 0 saturated carbocycles. The van der Waals surface area contributed by atoms with Crippen LogP contribution in [0.4, 0.5) is 13.2 Å². The monoisotopic (exact) mass is 922 g/mol. The van der Waals surface area contributed by atoms with Gasteiger partial charge in [-0.05, 0) is 55.2 Å². The van der Waals surface area contributed by atoms with Gasteiger partial charge in [0.05, 0.1) is 61.9 Å². The highest BCUT2D eigenvalue weighted by atomic mass is 19.4. The number of alkyl halides is 3. The molecule has 1 aliphatic rings. The fourth-order valence-corrected chi connectivity index (χ4v) is 8.33. The molecule has 2 aromatic rings. The number of likely N-dealkylation sites (tertiary alicyclic amines) is 1. The van der Waals surface area contributed by atoms with Crippen molar-refractivity contribution in [1.82, 2.24) is 25.8 Å². The number of carbonyl (C=O) groups excluding carboxylic acids is 4. The minimum absolute atomic E-state index is 0.0127. The standard InChI is InChI=1S/C46H73N5O7.C2HF3O2/c1-12-32(6)42(50(9)46(55)41(31(4)5)49-45(54)40(47-8)30(2)3)38(56-10)27-39(52)51-25-19-24-37(51)43(57-11)33(7)44(53)48-36(26-34-20-15-13-16-21-34)29-58-28-35-22-17-14-18-23-35;3-2(4,5)1(6)7/h13-18,20-23,30-33,36-38,40-43,47H,12,19,24-29H2,1-11H3,(H,48,53)(H,49,54);(H,6,7)/t32-,33+,36-,37-,38+,40-,41-,42-,43+;/m0./s1. The van der Waals surface area contributed by atoms with Crippen LogP contribution in [0.5, 0.6) is 0 Å². The Morgan fingerprint density at radius 2 is 1.40 bits per heavy atom. The molecule has 1 heterocycles. The van der Waals surface area contributed by atoms with Crippen LogP contribution in [0, 0.1) is 23.7 Å². The molecule has 1 aliphatic heterocycles. The van der Waals surface area contributed by atoms with Gasteiger partial charge >= 0.3 is 12.1 Å². The summed E-state index contributed by atoms with van der Waals surface area (Å²) in [6, 6.07) is 17.7. The molecule has 9 atom stereocenters. The van der Waals surface area contributed by atoms with Crippen LogP contribution in [0.25, 0.3) is 0 Å². The predicted molar refractivity (Wildman–Crippen MR) is 242 cm³/mol. The zero-order valence-electron chi connectivity index (χ0n) is 40.0. The van der Waals surface area contributed by atoms with Crippen LogP contribution in [0.1, 0.15) is 85.3 Å². The largest absolute Gasteiger partial charge is 0.490 e. The fraction of sp³-hybridized carbons (Fsp3) is 0.646. The van der Waals surface area contributed by atoms with Gasteiger partial charge in [0.25, 0.3) is 0 Å². The molecule has 17 heteroatoms. The quantitative estimate of drug-likeness (QED) is 0.0998. The van der Waals surface area contributed by atoms with Gasteiger partial charge in [0.2, 0.25) is 23.6 Å². The van der Waals surface area contributed by atoms with Gasteiger partial charge in [-0.2, -0.15) is 13.2 Å². The van der Waals surface area contributed by atoms with Crippen molar-refractivity contribution in [2.24, 2.45) is 23.7 Å². The van der Waals surface area contributed by atoms with E-state index in [1.807, 2.05) is 100 Å². The number of aliphatic carboxylic acids is 1. The number of carbonyl (C=O) groups is 5. The third kappa shape index (κ3) is 17.6. The lowest BCUT2D eigenvalue weighted by Crippen LogP contribution is -2.59. The number of nitrogens with one attached hydrogen (secondary N) is 3. The molecule has 0 spiro atoms. The van der Waals surface area contributed by atoms with E-state index >= 15 is 0 Å². The van der Waals surface area contributed by atoms with Crippen molar-refractivity contribution >= 4 is 29.6 Å². The number of rotatable bonds is 24. The van der Waals surface area contributed by atoms with Crippen LogP contribution in [0.3, 0.4) is 0 Å². The molecule has 0 radical (unpaired) electrons. The molecule has 0 unspecified atom stereocenters. The van der Waals surface area contributed by atoms with Gasteiger partial charge < -0.3 is 45.1 Å². The molecule has 0 aromatic heterocycles. The Hall–Kier alpha value is -4.58. The minimum Gasteiger partial charge on any atom is -0.475 e. The molecule has 3 rings (SSSR count). The molecule has 0 aliphatic carbocycles. The Balaban J connectivity index is 0.00000191. The highest BCUT2D eigenvalue weighted by molar-refractivity contribution is 5.90. The second-order valence-electron chi connectivity index (χ2n) is 17.5. The van der Waals surface area contributed by atoms with E-state index in [2.05, 4.69) is 29.8 Å². The molecule has 1 saturated heterocycles. The maximum absolute atomic E-state index is 14.3. The molecule has 2 aromatic carbocycles. The summed E-state index contributed by atoms with van der Waals surface area (Å²) >= 11 is 0. The summed E-state index contributed by atoms with van der Waals surface area (Å²) in [5, 5.41) is 16.4. The van der Waals surface area contributed by atoms with E-state index in [1.165, 1.54) is 0 Å². The van der Waals surface area contributed by atoms with Crippen molar-refractivity contribution in [1.29, 1.82) is 0 Å². The number of methoxy groups -OCH3 is 2. The molecule has 366 valence electrons. The van der Waals surface area contributed by atoms with E-state index in [9.17, 15) is 32.3 Å². The van der Waals surface area contributed by atoms with E-state index in [4.69, 9.17) is 24.1 Å². The third-order valence-electron chi connectivity index (χ3n) is 12.1. The topological polar surface area (TPSA) is 176 Å².